The van der Waals surface area contributed by atoms with Crippen LogP contribution in [0.4, 0.5) is 0 Å². The van der Waals surface area contributed by atoms with Crippen LogP contribution in [0.15, 0.2) is 54.6 Å². The van der Waals surface area contributed by atoms with Crippen LogP contribution in [0, 0.1) is 0 Å². The largest absolute Gasteiger partial charge is 0.483 e. The summed E-state index contributed by atoms with van der Waals surface area (Å²) in [5.74, 6) is 2.13. The summed E-state index contributed by atoms with van der Waals surface area (Å²) >= 11 is 0. The SMILES string of the molecule is CC(C)(C)NC(=O)COc1ccc2ccccc2c1CNCc1ccc2c(c1)OCO2. The first-order chi connectivity index (χ1) is 14.9. The van der Waals surface area contributed by atoms with Gasteiger partial charge in [-0.2, -0.15) is 0 Å². The van der Waals surface area contributed by atoms with Crippen molar-refractivity contribution in [1.82, 2.24) is 10.6 Å². The number of benzene rings is 3. The Bertz CT molecular complexity index is 1090. The van der Waals surface area contributed by atoms with E-state index in [-0.39, 0.29) is 24.8 Å². The third kappa shape index (κ3) is 5.27. The van der Waals surface area contributed by atoms with E-state index in [1.54, 1.807) is 0 Å². The van der Waals surface area contributed by atoms with Crippen LogP contribution in [-0.2, 0) is 17.9 Å². The second-order valence-electron chi connectivity index (χ2n) is 8.64. The molecule has 6 heteroatoms. The Morgan fingerprint density at radius 1 is 1.00 bits per heavy atom. The first-order valence-electron chi connectivity index (χ1n) is 10.4. The highest BCUT2D eigenvalue weighted by atomic mass is 16.7. The first-order valence-corrected chi connectivity index (χ1v) is 10.4. The highest BCUT2D eigenvalue weighted by Gasteiger charge is 2.16. The molecule has 1 aliphatic rings. The maximum absolute atomic E-state index is 12.2. The van der Waals surface area contributed by atoms with Gasteiger partial charge in [-0.25, -0.2) is 0 Å². The lowest BCUT2D eigenvalue weighted by Crippen LogP contribution is -2.43. The van der Waals surface area contributed by atoms with Crippen LogP contribution >= 0.6 is 0 Å². The molecule has 1 heterocycles. The molecular weight excluding hydrogens is 392 g/mol. The predicted octanol–water partition coefficient (Wildman–Crippen LogP) is 4.15. The topological polar surface area (TPSA) is 68.8 Å². The van der Waals surface area contributed by atoms with Gasteiger partial charge >= 0.3 is 0 Å². The zero-order valence-electron chi connectivity index (χ0n) is 18.2. The van der Waals surface area contributed by atoms with Gasteiger partial charge in [0.15, 0.2) is 18.1 Å². The van der Waals surface area contributed by atoms with E-state index in [9.17, 15) is 4.79 Å². The third-order valence-electron chi connectivity index (χ3n) is 4.94. The Labute approximate surface area is 182 Å². The average molecular weight is 421 g/mol. The lowest BCUT2D eigenvalue weighted by Gasteiger charge is -2.21. The molecule has 0 radical (unpaired) electrons. The number of fused-ring (bicyclic) bond motifs is 2. The van der Waals surface area contributed by atoms with Crippen LogP contribution in [0.25, 0.3) is 10.8 Å². The molecule has 0 saturated carbocycles. The van der Waals surface area contributed by atoms with E-state index in [2.05, 4.69) is 22.8 Å². The van der Waals surface area contributed by atoms with Crippen molar-refractivity contribution < 1.29 is 19.0 Å². The van der Waals surface area contributed by atoms with Crippen LogP contribution < -0.4 is 24.8 Å². The fourth-order valence-electron chi connectivity index (χ4n) is 3.61. The molecule has 0 spiro atoms. The molecule has 1 aliphatic heterocycles. The number of carbonyl (C=O) groups is 1. The van der Waals surface area contributed by atoms with Gasteiger partial charge < -0.3 is 24.8 Å². The van der Waals surface area contributed by atoms with E-state index in [1.807, 2.05) is 63.2 Å². The Morgan fingerprint density at radius 2 is 1.81 bits per heavy atom. The number of amides is 1. The molecule has 31 heavy (non-hydrogen) atoms. The van der Waals surface area contributed by atoms with Gasteiger partial charge in [-0.05, 0) is 55.3 Å². The Morgan fingerprint density at radius 3 is 2.65 bits per heavy atom. The van der Waals surface area contributed by atoms with Crippen molar-refractivity contribution >= 4 is 16.7 Å². The normalized spacial score (nSPS) is 12.7. The Hall–Kier alpha value is -3.25. The molecule has 0 atom stereocenters. The van der Waals surface area contributed by atoms with Crippen molar-refractivity contribution in [3.8, 4) is 17.2 Å². The number of nitrogens with one attached hydrogen (secondary N) is 2. The summed E-state index contributed by atoms with van der Waals surface area (Å²) in [5, 5.41) is 8.66. The zero-order chi connectivity index (χ0) is 21.8. The lowest BCUT2D eigenvalue weighted by atomic mass is 10.0. The van der Waals surface area contributed by atoms with Gasteiger partial charge in [0, 0.05) is 24.2 Å². The second-order valence-corrected chi connectivity index (χ2v) is 8.64. The van der Waals surface area contributed by atoms with Gasteiger partial charge in [0.2, 0.25) is 6.79 Å². The molecule has 4 rings (SSSR count). The van der Waals surface area contributed by atoms with E-state index >= 15 is 0 Å². The number of ether oxygens (including phenoxy) is 3. The summed E-state index contributed by atoms with van der Waals surface area (Å²) in [6.45, 7) is 7.37. The Kier molecular flexibility index (Phi) is 6.00. The minimum Gasteiger partial charge on any atom is -0.483 e. The average Bonchev–Trinajstić information content (AvgIpc) is 3.19. The number of hydrogen-bond donors (Lipinski definition) is 2. The van der Waals surface area contributed by atoms with Crippen LogP contribution in [-0.4, -0.2) is 24.8 Å². The molecule has 6 nitrogen and oxygen atoms in total. The monoisotopic (exact) mass is 420 g/mol. The molecule has 0 aliphatic carbocycles. The molecule has 162 valence electrons. The summed E-state index contributed by atoms with van der Waals surface area (Å²) in [6.07, 6.45) is 0. The van der Waals surface area contributed by atoms with E-state index in [0.717, 1.165) is 33.4 Å². The molecule has 0 saturated heterocycles. The molecule has 0 unspecified atom stereocenters. The quantitative estimate of drug-likeness (QED) is 0.601. The van der Waals surface area contributed by atoms with Crippen molar-refractivity contribution in [2.45, 2.75) is 39.4 Å². The van der Waals surface area contributed by atoms with Crippen LogP contribution in [0.1, 0.15) is 31.9 Å². The van der Waals surface area contributed by atoms with Crippen molar-refractivity contribution in [3.05, 3.63) is 65.7 Å². The Balaban J connectivity index is 1.48. The summed E-state index contributed by atoms with van der Waals surface area (Å²) in [6, 6.07) is 18.1. The van der Waals surface area contributed by atoms with Gasteiger partial charge in [-0.3, -0.25) is 4.79 Å². The number of carbonyl (C=O) groups excluding carboxylic acids is 1. The van der Waals surface area contributed by atoms with Crippen LogP contribution in [0.5, 0.6) is 17.2 Å². The highest BCUT2D eigenvalue weighted by Crippen LogP contribution is 2.33. The molecule has 2 N–H and O–H groups in total. The second kappa shape index (κ2) is 8.86. The first kappa shape index (κ1) is 21.0. The van der Waals surface area contributed by atoms with E-state index in [0.29, 0.717) is 18.8 Å². The molecule has 1 amide bonds. The van der Waals surface area contributed by atoms with E-state index < -0.39 is 0 Å². The van der Waals surface area contributed by atoms with Gasteiger partial charge in [-0.1, -0.05) is 36.4 Å². The van der Waals surface area contributed by atoms with Gasteiger partial charge in [-0.15, -0.1) is 0 Å². The summed E-state index contributed by atoms with van der Waals surface area (Å²) in [4.78, 5) is 12.2. The third-order valence-corrected chi connectivity index (χ3v) is 4.94. The smallest absolute Gasteiger partial charge is 0.258 e. The molecule has 0 aromatic heterocycles. The van der Waals surface area contributed by atoms with Crippen molar-refractivity contribution in [1.29, 1.82) is 0 Å². The number of rotatable bonds is 7. The van der Waals surface area contributed by atoms with Crippen molar-refractivity contribution in [3.63, 3.8) is 0 Å². The van der Waals surface area contributed by atoms with Gasteiger partial charge in [0.25, 0.3) is 5.91 Å². The van der Waals surface area contributed by atoms with Crippen LogP contribution in [0.3, 0.4) is 0 Å². The molecule has 0 bridgehead atoms. The highest BCUT2D eigenvalue weighted by molar-refractivity contribution is 5.88. The molecule has 3 aromatic rings. The fourth-order valence-corrected chi connectivity index (χ4v) is 3.61. The summed E-state index contributed by atoms with van der Waals surface area (Å²) in [7, 11) is 0. The molecule has 3 aromatic carbocycles. The minimum atomic E-state index is -0.293. The maximum atomic E-state index is 12.2. The van der Waals surface area contributed by atoms with Crippen molar-refractivity contribution in [2.75, 3.05) is 13.4 Å². The van der Waals surface area contributed by atoms with Gasteiger partial charge in [0.05, 0.1) is 0 Å². The van der Waals surface area contributed by atoms with E-state index in [1.165, 1.54) is 0 Å². The summed E-state index contributed by atoms with van der Waals surface area (Å²) in [5.41, 5.74) is 1.85. The predicted molar refractivity (Wildman–Crippen MR) is 120 cm³/mol. The van der Waals surface area contributed by atoms with E-state index in [4.69, 9.17) is 14.2 Å². The minimum absolute atomic E-state index is 0.0230. The standard InChI is InChI=1S/C25H28N2O4/c1-25(2,3)27-24(28)15-29-21-11-9-18-6-4-5-7-19(18)20(21)14-26-13-17-8-10-22-23(12-17)31-16-30-22/h4-12,26H,13-16H2,1-3H3,(H,27,28). The van der Waals surface area contributed by atoms with Gasteiger partial charge in [0.1, 0.15) is 5.75 Å². The fraction of sp³-hybridized carbons (Fsp3) is 0.320. The lowest BCUT2D eigenvalue weighted by molar-refractivity contribution is -0.124. The van der Waals surface area contributed by atoms with Crippen LogP contribution in [0.2, 0.25) is 0 Å². The zero-order valence-corrected chi connectivity index (χ0v) is 18.2. The molecule has 0 fully saturated rings. The molecular formula is C25H28N2O4. The number of hydrogen-bond acceptors (Lipinski definition) is 5. The maximum Gasteiger partial charge on any atom is 0.258 e. The van der Waals surface area contributed by atoms with Crippen molar-refractivity contribution in [2.24, 2.45) is 0 Å². The summed E-state index contributed by atoms with van der Waals surface area (Å²) < 4.78 is 16.8.